The summed E-state index contributed by atoms with van der Waals surface area (Å²) in [5.41, 5.74) is 5.59. The molecule has 2 aromatic carbocycles. The number of amides is 1. The van der Waals surface area contributed by atoms with E-state index in [1.807, 2.05) is 35.6 Å². The fraction of sp³-hybridized carbons (Fsp3) is 0.273. The second-order valence-electron chi connectivity index (χ2n) is 10.9. The number of halogens is 3. The number of pyridine rings is 1. The third kappa shape index (κ3) is 6.05. The number of aryl methyl sites for hydroxylation is 1. The second-order valence-corrected chi connectivity index (χ2v) is 10.9. The summed E-state index contributed by atoms with van der Waals surface area (Å²) < 4.78 is 56.4. The maximum absolute atomic E-state index is 13.9. The van der Waals surface area contributed by atoms with Crippen molar-refractivity contribution in [1.29, 1.82) is 0 Å². The van der Waals surface area contributed by atoms with Gasteiger partial charge in [-0.25, -0.2) is 9.97 Å². The molecule has 0 spiro atoms. The van der Waals surface area contributed by atoms with Gasteiger partial charge in [0.2, 0.25) is 0 Å². The molecule has 1 amide bonds. The highest BCUT2D eigenvalue weighted by Gasteiger charge is 2.30. The van der Waals surface area contributed by atoms with Crippen LogP contribution in [0.15, 0.2) is 61.1 Å². The van der Waals surface area contributed by atoms with Crippen molar-refractivity contribution in [2.75, 3.05) is 33.2 Å². The third-order valence-electron chi connectivity index (χ3n) is 8.00. The Morgan fingerprint density at radius 1 is 1.13 bits per heavy atom. The Labute approximate surface area is 262 Å². The van der Waals surface area contributed by atoms with Gasteiger partial charge in [-0.15, -0.1) is 0 Å². The lowest BCUT2D eigenvalue weighted by atomic mass is 9.99. The minimum atomic E-state index is -4.44. The molecule has 4 heterocycles. The summed E-state index contributed by atoms with van der Waals surface area (Å²) >= 11 is 0. The Bertz CT molecular complexity index is 1970. The van der Waals surface area contributed by atoms with Gasteiger partial charge in [0.1, 0.15) is 17.0 Å². The number of alkyl halides is 3. The van der Waals surface area contributed by atoms with E-state index in [9.17, 15) is 18.0 Å². The minimum absolute atomic E-state index is 0.141. The first-order valence-corrected chi connectivity index (χ1v) is 14.4. The molecular weight excluding hydrogens is 601 g/mol. The molecular formula is C33H31F3N6O4. The van der Waals surface area contributed by atoms with Crippen LogP contribution in [-0.4, -0.2) is 64.2 Å². The molecule has 0 bridgehead atoms. The van der Waals surface area contributed by atoms with Crippen LogP contribution in [0.4, 0.5) is 19.0 Å². The average molecular weight is 633 g/mol. The Hall–Kier alpha value is -5.17. The molecule has 3 aromatic heterocycles. The zero-order chi connectivity index (χ0) is 32.6. The lowest BCUT2D eigenvalue weighted by molar-refractivity contribution is -0.0790. The fourth-order valence-electron chi connectivity index (χ4n) is 5.57. The van der Waals surface area contributed by atoms with Crippen molar-refractivity contribution in [3.8, 4) is 11.5 Å². The molecule has 238 valence electrons. The maximum atomic E-state index is 13.9. The number of nitrogens with one attached hydrogen (secondary N) is 1. The summed E-state index contributed by atoms with van der Waals surface area (Å²) in [4.78, 5) is 29.1. The van der Waals surface area contributed by atoms with Crippen LogP contribution in [0.5, 0.6) is 11.5 Å². The van der Waals surface area contributed by atoms with E-state index in [-0.39, 0.29) is 30.9 Å². The summed E-state index contributed by atoms with van der Waals surface area (Å²) in [6.45, 7) is 2.65. The Morgan fingerprint density at radius 3 is 2.72 bits per heavy atom. The molecule has 0 radical (unpaired) electrons. The number of aromatic nitrogens is 4. The van der Waals surface area contributed by atoms with E-state index in [0.29, 0.717) is 46.2 Å². The molecule has 0 aliphatic carbocycles. The van der Waals surface area contributed by atoms with Crippen molar-refractivity contribution in [2.45, 2.75) is 32.3 Å². The van der Waals surface area contributed by atoms with E-state index in [4.69, 9.17) is 19.2 Å². The number of ether oxygens (including phenoxy) is 3. The summed E-state index contributed by atoms with van der Waals surface area (Å²) in [5.74, 6) is 1.74. The maximum Gasteiger partial charge on any atom is 0.409 e. The average Bonchev–Trinajstić information content (AvgIpc) is 3.55. The number of carbonyl (C=O) groups excluding carboxylic acids is 1. The van der Waals surface area contributed by atoms with E-state index in [1.54, 1.807) is 50.8 Å². The number of methoxy groups -OCH3 is 2. The molecule has 1 aliphatic rings. The summed E-state index contributed by atoms with van der Waals surface area (Å²) in [5, 5.41) is 3.39. The molecule has 0 saturated heterocycles. The first-order chi connectivity index (χ1) is 22.1. The standard InChI is InChI=1S/C33H31F3N6O4/c1-19-11-25-27(42-18-37-15-28(42)31(40-25)38-14-20-5-7-22(44-3)12-30(20)45-4)13-24(19)32(43)41(2)29-17-46-16-26-23(29)8-6-21(39-26)9-10-33(34,35)36/h5-13,15,18,29H,14,16-17H2,1-4H3,(H,38,40). The molecule has 0 saturated carbocycles. The first-order valence-electron chi connectivity index (χ1n) is 14.4. The Morgan fingerprint density at radius 2 is 1.96 bits per heavy atom. The third-order valence-corrected chi connectivity index (χ3v) is 8.00. The first kappa shape index (κ1) is 30.8. The number of carbonyl (C=O) groups is 1. The van der Waals surface area contributed by atoms with Crippen LogP contribution in [0.3, 0.4) is 0 Å². The van der Waals surface area contributed by atoms with Gasteiger partial charge in [0.05, 0.1) is 68.4 Å². The van der Waals surface area contributed by atoms with Crippen LogP contribution in [0.25, 0.3) is 22.6 Å². The zero-order valence-electron chi connectivity index (χ0n) is 25.6. The summed E-state index contributed by atoms with van der Waals surface area (Å²) in [7, 11) is 4.88. The molecule has 5 aromatic rings. The monoisotopic (exact) mass is 632 g/mol. The van der Waals surface area contributed by atoms with E-state index in [0.717, 1.165) is 28.3 Å². The lowest BCUT2D eigenvalue weighted by Crippen LogP contribution is -2.37. The van der Waals surface area contributed by atoms with Crippen LogP contribution in [0.1, 0.15) is 44.5 Å². The highest BCUT2D eigenvalue weighted by molar-refractivity contribution is 6.00. The van der Waals surface area contributed by atoms with Crippen LogP contribution in [0.2, 0.25) is 0 Å². The smallest absolute Gasteiger partial charge is 0.409 e. The molecule has 46 heavy (non-hydrogen) atoms. The van der Waals surface area contributed by atoms with Gasteiger partial charge >= 0.3 is 6.18 Å². The van der Waals surface area contributed by atoms with Gasteiger partial charge in [0.25, 0.3) is 5.91 Å². The van der Waals surface area contributed by atoms with E-state index in [2.05, 4.69) is 15.3 Å². The summed E-state index contributed by atoms with van der Waals surface area (Å²) in [6, 6.07) is 12.0. The van der Waals surface area contributed by atoms with Crippen LogP contribution >= 0.6 is 0 Å². The molecule has 13 heteroatoms. The largest absolute Gasteiger partial charge is 0.497 e. The molecule has 6 rings (SSSR count). The summed E-state index contributed by atoms with van der Waals surface area (Å²) in [6.07, 6.45) is -0.00606. The number of anilines is 1. The van der Waals surface area contributed by atoms with Gasteiger partial charge in [-0.2, -0.15) is 13.2 Å². The van der Waals surface area contributed by atoms with Gasteiger partial charge in [-0.3, -0.25) is 14.2 Å². The minimum Gasteiger partial charge on any atom is -0.497 e. The number of hydrogen-bond donors (Lipinski definition) is 1. The predicted octanol–water partition coefficient (Wildman–Crippen LogP) is 6.13. The Balaban J connectivity index is 1.28. The van der Waals surface area contributed by atoms with Crippen molar-refractivity contribution in [1.82, 2.24) is 24.3 Å². The highest BCUT2D eigenvalue weighted by Crippen LogP contribution is 2.32. The Kier molecular flexibility index (Phi) is 8.26. The molecule has 0 fully saturated rings. The number of hydrogen-bond acceptors (Lipinski definition) is 8. The number of imidazole rings is 1. The lowest BCUT2D eigenvalue weighted by Gasteiger charge is -2.33. The SMILES string of the molecule is COc1ccc(CNc2nc3cc(C)c(C(=O)N(C)C4COCc5nc(C=CC(F)(F)F)ccc54)cc3n3cncc23)c(OC)c1. The topological polar surface area (TPSA) is 103 Å². The number of likely N-dealkylation sites (N-methyl/N-ethyl adjacent to an activating group) is 1. The normalized spacial score (nSPS) is 14.9. The van der Waals surface area contributed by atoms with Crippen molar-refractivity contribution in [2.24, 2.45) is 0 Å². The number of benzene rings is 2. The van der Waals surface area contributed by atoms with Gasteiger partial charge in [0, 0.05) is 42.4 Å². The predicted molar refractivity (Wildman–Crippen MR) is 166 cm³/mol. The quantitative estimate of drug-likeness (QED) is 0.218. The fourth-order valence-corrected chi connectivity index (χ4v) is 5.57. The van der Waals surface area contributed by atoms with Crippen molar-refractivity contribution in [3.05, 3.63) is 94.7 Å². The number of nitrogens with zero attached hydrogens (tertiary/aromatic N) is 5. The number of rotatable bonds is 8. The zero-order valence-corrected chi connectivity index (χ0v) is 25.6. The van der Waals surface area contributed by atoms with Gasteiger partial charge in [-0.05, 0) is 48.9 Å². The van der Waals surface area contributed by atoms with Crippen LogP contribution in [0, 0.1) is 6.92 Å². The van der Waals surface area contributed by atoms with Crippen molar-refractivity contribution < 1.29 is 32.2 Å². The molecule has 1 N–H and O–H groups in total. The van der Waals surface area contributed by atoms with Gasteiger partial charge in [-0.1, -0.05) is 6.07 Å². The highest BCUT2D eigenvalue weighted by atomic mass is 19.4. The van der Waals surface area contributed by atoms with E-state index >= 15 is 0 Å². The molecule has 1 unspecified atom stereocenters. The van der Waals surface area contributed by atoms with Gasteiger partial charge < -0.3 is 24.4 Å². The van der Waals surface area contributed by atoms with E-state index < -0.39 is 12.2 Å². The number of fused-ring (bicyclic) bond motifs is 4. The van der Waals surface area contributed by atoms with Crippen LogP contribution in [-0.2, 0) is 17.9 Å². The van der Waals surface area contributed by atoms with Crippen molar-refractivity contribution in [3.63, 3.8) is 0 Å². The van der Waals surface area contributed by atoms with Crippen molar-refractivity contribution >= 4 is 34.4 Å². The molecule has 10 nitrogen and oxygen atoms in total. The van der Waals surface area contributed by atoms with Gasteiger partial charge in [0.15, 0.2) is 5.82 Å². The van der Waals surface area contributed by atoms with E-state index in [1.165, 1.54) is 6.07 Å². The number of allylic oxidation sites excluding steroid dienone is 1. The van der Waals surface area contributed by atoms with Crippen LogP contribution < -0.4 is 14.8 Å². The second kappa shape index (κ2) is 12.3. The molecule has 1 aliphatic heterocycles. The molecule has 1 atom stereocenters.